The topological polar surface area (TPSA) is 252 Å². The summed E-state index contributed by atoms with van der Waals surface area (Å²) in [4.78, 5) is 84.4. The van der Waals surface area contributed by atoms with Gasteiger partial charge in [0.1, 0.15) is 17.7 Å². The normalized spacial score (nSPS) is 18.8. The first-order valence-electron chi connectivity index (χ1n) is 18.4. The molecule has 0 bridgehead atoms. The van der Waals surface area contributed by atoms with Gasteiger partial charge in [-0.3, -0.25) is 29.0 Å². The highest BCUT2D eigenvalue weighted by Gasteiger charge is 2.45. The number of unbranched alkanes of at least 4 members (excludes halogenated alkanes) is 1. The molecule has 3 aromatic rings. The molecule has 3 heterocycles. The van der Waals surface area contributed by atoms with Gasteiger partial charge in [-0.15, -0.1) is 5.10 Å². The van der Waals surface area contributed by atoms with Gasteiger partial charge in [-0.05, 0) is 57.6 Å². The fourth-order valence-electron chi connectivity index (χ4n) is 7.52. The Morgan fingerprint density at radius 3 is 2.44 bits per heavy atom. The van der Waals surface area contributed by atoms with E-state index in [4.69, 9.17) is 10.8 Å². The summed E-state index contributed by atoms with van der Waals surface area (Å²) in [6.45, 7) is 3.19. The molecule has 1 aliphatic heterocycles. The van der Waals surface area contributed by atoms with Crippen LogP contribution in [0.4, 0.5) is 4.79 Å². The number of aromatic nitrogens is 4. The lowest BCUT2D eigenvalue weighted by atomic mass is 9.84. The third-order valence-electron chi connectivity index (χ3n) is 10.3. The molecule has 5 amide bonds. The molecule has 290 valence electrons. The number of carboxylic acid groups (broad SMARTS) is 1. The number of pyridine rings is 1. The summed E-state index contributed by atoms with van der Waals surface area (Å²) in [5.74, 6) is -3.82. The highest BCUT2D eigenvalue weighted by molar-refractivity contribution is 6.37. The number of para-hydroxylation sites is 1. The number of nitrogens with one attached hydrogen (secondary N) is 3. The lowest BCUT2D eigenvalue weighted by Gasteiger charge is -2.32. The number of amides is 5. The third-order valence-corrected chi connectivity index (χ3v) is 10.3. The van der Waals surface area contributed by atoms with Crippen LogP contribution in [0.5, 0.6) is 0 Å². The van der Waals surface area contributed by atoms with Crippen molar-refractivity contribution in [2.75, 3.05) is 13.1 Å². The van der Waals surface area contributed by atoms with Gasteiger partial charge in [-0.2, -0.15) is 0 Å². The first-order valence-corrected chi connectivity index (χ1v) is 18.4. The number of nitrogens with zero attached hydrogens (tertiary/aromatic N) is 5. The summed E-state index contributed by atoms with van der Waals surface area (Å²) < 4.78 is 1.48. The predicted molar refractivity (Wildman–Crippen MR) is 195 cm³/mol. The van der Waals surface area contributed by atoms with E-state index in [-0.39, 0.29) is 38.3 Å². The first-order chi connectivity index (χ1) is 25.7. The maximum Gasteiger partial charge on any atom is 0.404 e. The van der Waals surface area contributed by atoms with E-state index < -0.39 is 65.3 Å². The average molecular weight is 748 g/mol. The smallest absolute Gasteiger partial charge is 0.404 e. The van der Waals surface area contributed by atoms with Crippen LogP contribution in [-0.2, 0) is 24.8 Å². The molecule has 2 fully saturated rings. The number of likely N-dealkylation sites (tertiary alicyclic amines) is 1. The number of Topliss-reactive ketones (excluding diaryl/α,β-unsaturated/α-hetero) is 1. The molecule has 1 unspecified atom stereocenters. The van der Waals surface area contributed by atoms with Crippen LogP contribution in [0.15, 0.2) is 42.7 Å². The molecular formula is C37H49N9O8. The molecule has 54 heavy (non-hydrogen) atoms. The Kier molecular flexibility index (Phi) is 12.9. The quantitative estimate of drug-likeness (QED) is 0.0912. The average Bonchev–Trinajstić information content (AvgIpc) is 3.82. The van der Waals surface area contributed by atoms with Crippen LogP contribution in [0.3, 0.4) is 0 Å². The van der Waals surface area contributed by atoms with Gasteiger partial charge < -0.3 is 36.8 Å². The fourth-order valence-corrected chi connectivity index (χ4v) is 7.52. The van der Waals surface area contributed by atoms with Crippen LogP contribution < -0.4 is 21.7 Å². The predicted octanol–water partition coefficient (Wildman–Crippen LogP) is 1.94. The van der Waals surface area contributed by atoms with Crippen LogP contribution in [0.25, 0.3) is 10.9 Å². The molecule has 7 N–H and O–H groups in total. The van der Waals surface area contributed by atoms with E-state index in [0.717, 1.165) is 32.1 Å². The molecule has 17 nitrogen and oxygen atoms in total. The number of hydrogen-bond donors (Lipinski definition) is 6. The van der Waals surface area contributed by atoms with Crippen molar-refractivity contribution in [1.82, 2.24) is 40.8 Å². The highest BCUT2D eigenvalue weighted by Crippen LogP contribution is 2.34. The number of benzene rings is 1. The van der Waals surface area contributed by atoms with Gasteiger partial charge in [-0.1, -0.05) is 55.5 Å². The molecule has 17 heteroatoms. The number of carbonyl (C=O) groups excluding carboxylic acids is 5. The summed E-state index contributed by atoms with van der Waals surface area (Å²) in [5.41, 5.74) is 5.29. The SMILES string of the molecule is CC(C)(O)c1cnnn1[C@H]1C[C@@H](C(=O)NC(CCCCNC(=O)O)C(=O)C(N)=O)N(C(=O)[C@@H](CC2CCCCC2)NC(=O)c2ccnc3ccccc23)C1. The molecule has 5 rings (SSSR count). The van der Waals surface area contributed by atoms with E-state index in [9.17, 15) is 33.9 Å². The van der Waals surface area contributed by atoms with E-state index >= 15 is 0 Å². The second-order valence-corrected chi connectivity index (χ2v) is 14.7. The van der Waals surface area contributed by atoms with Crippen molar-refractivity contribution < 1.29 is 39.0 Å². The summed E-state index contributed by atoms with van der Waals surface area (Å²) >= 11 is 0. The van der Waals surface area contributed by atoms with Crippen molar-refractivity contribution in [3.8, 4) is 0 Å². The summed E-state index contributed by atoms with van der Waals surface area (Å²) in [7, 11) is 0. The molecule has 1 saturated carbocycles. The number of primary amides is 1. The lowest BCUT2D eigenvalue weighted by molar-refractivity contribution is -0.142. The largest absolute Gasteiger partial charge is 0.465 e. The fraction of sp³-hybridized carbons (Fsp3) is 0.541. The molecular weight excluding hydrogens is 698 g/mol. The molecule has 4 atom stereocenters. The summed E-state index contributed by atoms with van der Waals surface area (Å²) in [6.07, 6.45) is 7.53. The van der Waals surface area contributed by atoms with E-state index in [1.807, 2.05) is 6.07 Å². The minimum Gasteiger partial charge on any atom is -0.465 e. The molecule has 2 aromatic heterocycles. The number of rotatable bonds is 16. The Morgan fingerprint density at radius 2 is 1.74 bits per heavy atom. The summed E-state index contributed by atoms with van der Waals surface area (Å²) in [6, 6.07) is 4.64. The van der Waals surface area contributed by atoms with Crippen molar-refractivity contribution in [1.29, 1.82) is 0 Å². The van der Waals surface area contributed by atoms with E-state index in [1.165, 1.54) is 22.0 Å². The van der Waals surface area contributed by atoms with Gasteiger partial charge in [-0.25, -0.2) is 9.48 Å². The molecule has 1 saturated heterocycles. The lowest BCUT2D eigenvalue weighted by Crippen LogP contribution is -2.56. The van der Waals surface area contributed by atoms with Gasteiger partial charge in [0.05, 0.1) is 35.1 Å². The number of ketones is 1. The van der Waals surface area contributed by atoms with Crippen molar-refractivity contribution in [3.63, 3.8) is 0 Å². The van der Waals surface area contributed by atoms with Gasteiger partial charge >= 0.3 is 6.09 Å². The number of carbonyl (C=O) groups is 6. The second-order valence-electron chi connectivity index (χ2n) is 14.7. The standard InChI is InChI=1S/C37H49N9O8/c1-37(2,54)30-20-41-44-46(30)23-19-29(34(50)42-27(31(47)32(38)48)14-8-9-16-40-36(52)53)45(21-23)35(51)28(18-22-10-4-3-5-11-22)43-33(49)25-15-17-39-26-13-7-6-12-24(25)26/h6-7,12-13,15,17,20,22-23,27-29,40,54H,3-5,8-11,14,16,18-19,21H2,1-2H3,(H2,38,48)(H,42,50)(H,43,49)(H,52,53)/t23-,27?,28+,29-/m0/s1. The Morgan fingerprint density at radius 1 is 1.00 bits per heavy atom. The number of aliphatic hydroxyl groups is 1. The minimum atomic E-state index is -1.36. The van der Waals surface area contributed by atoms with Gasteiger partial charge in [0.25, 0.3) is 11.8 Å². The van der Waals surface area contributed by atoms with E-state index in [1.54, 1.807) is 38.1 Å². The van der Waals surface area contributed by atoms with Crippen LogP contribution >= 0.6 is 0 Å². The Bertz CT molecular complexity index is 1850. The minimum absolute atomic E-state index is 0.00884. The van der Waals surface area contributed by atoms with Crippen molar-refractivity contribution >= 4 is 46.4 Å². The van der Waals surface area contributed by atoms with Crippen molar-refractivity contribution in [2.45, 2.75) is 108 Å². The Hall–Kier alpha value is -5.45. The van der Waals surface area contributed by atoms with Crippen molar-refractivity contribution in [3.05, 3.63) is 54.0 Å². The molecule has 2 aliphatic rings. The zero-order chi connectivity index (χ0) is 39.0. The van der Waals surface area contributed by atoms with Crippen LogP contribution in [0.1, 0.15) is 100 Å². The van der Waals surface area contributed by atoms with E-state index in [2.05, 4.69) is 31.2 Å². The number of nitrogens with two attached hydrogens (primary N) is 1. The zero-order valence-electron chi connectivity index (χ0n) is 30.6. The highest BCUT2D eigenvalue weighted by atomic mass is 16.4. The molecule has 1 aromatic carbocycles. The monoisotopic (exact) mass is 747 g/mol. The van der Waals surface area contributed by atoms with Gasteiger partial charge in [0.15, 0.2) is 0 Å². The number of fused-ring (bicyclic) bond motifs is 1. The van der Waals surface area contributed by atoms with Gasteiger partial charge in [0, 0.05) is 31.1 Å². The van der Waals surface area contributed by atoms with Crippen molar-refractivity contribution in [2.24, 2.45) is 11.7 Å². The van der Waals surface area contributed by atoms with Crippen LogP contribution in [0.2, 0.25) is 0 Å². The first kappa shape index (κ1) is 39.8. The Balaban J connectivity index is 1.45. The molecule has 1 aliphatic carbocycles. The van der Waals surface area contributed by atoms with Crippen LogP contribution in [0, 0.1) is 5.92 Å². The van der Waals surface area contributed by atoms with Gasteiger partial charge in [0.2, 0.25) is 17.6 Å². The summed E-state index contributed by atoms with van der Waals surface area (Å²) in [5, 5.41) is 36.4. The second kappa shape index (κ2) is 17.6. The van der Waals surface area contributed by atoms with E-state index in [0.29, 0.717) is 35.0 Å². The maximum atomic E-state index is 14.8. The van der Waals surface area contributed by atoms with Crippen LogP contribution in [-0.4, -0.2) is 102 Å². The zero-order valence-corrected chi connectivity index (χ0v) is 30.6. The Labute approximate surface area is 312 Å². The molecule has 0 radical (unpaired) electrons. The number of hydrogen-bond acceptors (Lipinski definition) is 10. The third kappa shape index (κ3) is 9.75. The molecule has 0 spiro atoms. The maximum absolute atomic E-state index is 14.8.